The Hall–Kier alpha value is -2.69. The van der Waals surface area contributed by atoms with Gasteiger partial charge < -0.3 is 48.5 Å². The molecule has 1 aromatic rings. The highest BCUT2D eigenvalue weighted by molar-refractivity contribution is 9.10. The van der Waals surface area contributed by atoms with Crippen molar-refractivity contribution < 1.29 is 62.9 Å². The predicted octanol–water partition coefficient (Wildman–Crippen LogP) is 6.56. The van der Waals surface area contributed by atoms with E-state index in [0.29, 0.717) is 25.9 Å². The zero-order valence-electron chi connectivity index (χ0n) is 34.6. The fraction of sp³-hybridized carbons (Fsp3) is 0.705. The van der Waals surface area contributed by atoms with Gasteiger partial charge in [-0.05, 0) is 80.7 Å². The summed E-state index contributed by atoms with van der Waals surface area (Å²) in [6, 6.07) is 8.21. The van der Waals surface area contributed by atoms with Crippen molar-refractivity contribution in [3.8, 4) is 0 Å². The van der Waals surface area contributed by atoms with Crippen LogP contribution in [0.2, 0.25) is 0 Å². The lowest BCUT2D eigenvalue weighted by molar-refractivity contribution is -0.327. The number of carbonyl (C=O) groups is 3. The van der Waals surface area contributed by atoms with Crippen molar-refractivity contribution in [2.24, 2.45) is 5.41 Å². The third kappa shape index (κ3) is 15.1. The van der Waals surface area contributed by atoms with Gasteiger partial charge in [0.1, 0.15) is 6.10 Å². The Balaban J connectivity index is 1.63. The number of carbonyl (C=O) groups excluding carboxylic acids is 3. The monoisotopic (exact) mass is 880 g/mol. The summed E-state index contributed by atoms with van der Waals surface area (Å²) in [5, 5.41) is 33.8. The molecule has 0 spiro atoms. The summed E-state index contributed by atoms with van der Waals surface area (Å²) < 4.78 is 42.8. The number of aliphatic hydroxyl groups excluding tert-OH is 2. The van der Waals surface area contributed by atoms with Crippen molar-refractivity contribution >= 4 is 33.8 Å². The van der Waals surface area contributed by atoms with Gasteiger partial charge in [-0.3, -0.25) is 9.59 Å². The molecule has 1 aromatic carbocycles. The zero-order chi connectivity index (χ0) is 42.1. The van der Waals surface area contributed by atoms with E-state index in [-0.39, 0.29) is 56.5 Å². The molecule has 58 heavy (non-hydrogen) atoms. The van der Waals surface area contributed by atoms with Crippen LogP contribution in [0.4, 0.5) is 0 Å². The zero-order valence-corrected chi connectivity index (χ0v) is 36.2. The van der Waals surface area contributed by atoms with Crippen molar-refractivity contribution in [1.82, 2.24) is 0 Å². The van der Waals surface area contributed by atoms with Crippen LogP contribution in [0.3, 0.4) is 0 Å². The first-order chi connectivity index (χ1) is 27.7. The van der Waals surface area contributed by atoms with E-state index in [1.165, 1.54) is 18.7 Å². The van der Waals surface area contributed by atoms with E-state index in [2.05, 4.69) is 35.0 Å². The van der Waals surface area contributed by atoms with Crippen LogP contribution in [0.1, 0.15) is 116 Å². The number of cyclic esters (lactones) is 1. The first kappa shape index (κ1) is 48.0. The number of aliphatic hydroxyl groups is 3. The molecule has 0 saturated carbocycles. The number of halogens is 1. The number of benzene rings is 1. The fourth-order valence-electron chi connectivity index (χ4n) is 7.59. The molecule has 8 atom stereocenters. The number of rotatable bonds is 13. The molecular formula is C44H65BrO13. The number of hydrogen-bond acceptors (Lipinski definition) is 13. The Labute approximate surface area is 351 Å². The molecule has 0 aliphatic carbocycles. The van der Waals surface area contributed by atoms with E-state index in [0.717, 1.165) is 49.4 Å². The van der Waals surface area contributed by atoms with E-state index in [9.17, 15) is 29.7 Å². The van der Waals surface area contributed by atoms with Crippen LogP contribution in [-0.4, -0.2) is 109 Å². The smallest absolute Gasteiger partial charge is 0.330 e. The standard InChI is InChI=1S/C44H65BrO13/c1-5-6-7-8-9-13-38(48)57-42-31(25-39(49)52-4)24-36-28-37(29-46)55-40(50)26-33(47)19-22-53-34(12-10-11-30-14-16-32(45)17-15-30)27-35-20-23-54-41(56-35)18-21-43(2,3)44(42,51)58-36/h14-18,21,25,33-37,41-42,46-47,51H,5-13,19-20,22-24,26-29H2,1-4H3/b21-18-,31-25+/t33-,34-,35+,36+,37-,41+,42+,44-/m1/s1. The summed E-state index contributed by atoms with van der Waals surface area (Å²) in [6.07, 6.45) is 6.99. The number of esters is 3. The van der Waals surface area contributed by atoms with Crippen LogP contribution in [0.15, 0.2) is 52.5 Å². The number of unbranched alkanes of at least 4 members (excludes halogenated alkanes) is 4. The number of hydrogen-bond donors (Lipinski definition) is 3. The molecule has 3 N–H and O–H groups in total. The van der Waals surface area contributed by atoms with Crippen molar-refractivity contribution in [3.63, 3.8) is 0 Å². The van der Waals surface area contributed by atoms with Gasteiger partial charge in [-0.25, -0.2) is 4.79 Å². The van der Waals surface area contributed by atoms with E-state index in [1.54, 1.807) is 26.0 Å². The van der Waals surface area contributed by atoms with Gasteiger partial charge in [-0.2, -0.15) is 0 Å². The molecule has 2 saturated heterocycles. The second-order valence-electron chi connectivity index (χ2n) is 16.2. The third-order valence-corrected chi connectivity index (χ3v) is 11.6. The fourth-order valence-corrected chi connectivity index (χ4v) is 7.85. The topological polar surface area (TPSA) is 177 Å². The molecule has 0 amide bonds. The summed E-state index contributed by atoms with van der Waals surface area (Å²) in [4.78, 5) is 39.1. The highest BCUT2D eigenvalue weighted by Crippen LogP contribution is 2.47. The Morgan fingerprint density at radius 3 is 2.41 bits per heavy atom. The highest BCUT2D eigenvalue weighted by atomic mass is 79.9. The molecule has 2 fully saturated rings. The van der Waals surface area contributed by atoms with Crippen LogP contribution in [0.5, 0.6) is 0 Å². The molecule has 326 valence electrons. The summed E-state index contributed by atoms with van der Waals surface area (Å²) in [5.41, 5.74) is 0.132. The normalized spacial score (nSPS) is 31.1. The maximum atomic E-state index is 13.4. The van der Waals surface area contributed by atoms with E-state index < -0.39 is 66.4 Å². The second kappa shape index (κ2) is 23.9. The molecule has 3 heterocycles. The van der Waals surface area contributed by atoms with Crippen molar-refractivity contribution in [2.75, 3.05) is 26.9 Å². The minimum absolute atomic E-state index is 0.0134. The number of methoxy groups -OCH3 is 1. The maximum Gasteiger partial charge on any atom is 0.330 e. The molecule has 0 radical (unpaired) electrons. The molecule has 13 nitrogen and oxygen atoms in total. The number of ether oxygens (including phenoxy) is 7. The lowest BCUT2D eigenvalue weighted by Gasteiger charge is -2.51. The molecule has 0 unspecified atom stereocenters. The van der Waals surface area contributed by atoms with Gasteiger partial charge in [-0.1, -0.05) is 80.6 Å². The van der Waals surface area contributed by atoms with E-state index in [4.69, 9.17) is 33.2 Å². The maximum absolute atomic E-state index is 13.4. The molecule has 0 aromatic heterocycles. The quantitative estimate of drug-likeness (QED) is 0.0639. The Morgan fingerprint density at radius 1 is 0.966 bits per heavy atom. The van der Waals surface area contributed by atoms with Gasteiger partial charge in [-0.15, -0.1) is 0 Å². The molecule has 4 rings (SSSR count). The molecule has 14 heteroatoms. The van der Waals surface area contributed by atoms with Gasteiger partial charge in [0.15, 0.2) is 12.4 Å². The molecular weight excluding hydrogens is 816 g/mol. The van der Waals surface area contributed by atoms with Gasteiger partial charge in [0.2, 0.25) is 5.79 Å². The minimum atomic E-state index is -2.27. The van der Waals surface area contributed by atoms with Gasteiger partial charge in [0.05, 0.1) is 51.2 Å². The van der Waals surface area contributed by atoms with Crippen molar-refractivity contribution in [3.05, 3.63) is 58.1 Å². The SMILES string of the molecule is CCCCCCCC(=O)O[C@H]1/C(=C/C(=O)OC)C[C@H]2C[C@H](CO)OC(=O)C[C@H](O)CCO[C@H](CCCc3ccc(Br)cc3)C[C@@H]3CCO[C@H](/C=C\C(C)(C)[C@]1(O)O2)O3. The average molecular weight is 882 g/mol. The van der Waals surface area contributed by atoms with Crippen LogP contribution >= 0.6 is 15.9 Å². The first-order valence-corrected chi connectivity index (χ1v) is 21.7. The summed E-state index contributed by atoms with van der Waals surface area (Å²) >= 11 is 3.49. The Morgan fingerprint density at radius 2 is 1.69 bits per heavy atom. The van der Waals surface area contributed by atoms with Gasteiger partial charge in [0.25, 0.3) is 0 Å². The highest BCUT2D eigenvalue weighted by Gasteiger charge is 2.57. The van der Waals surface area contributed by atoms with E-state index >= 15 is 0 Å². The van der Waals surface area contributed by atoms with Gasteiger partial charge >= 0.3 is 17.9 Å². The third-order valence-electron chi connectivity index (χ3n) is 11.0. The molecule has 3 aliphatic rings. The number of aryl methyl sites for hydroxylation is 1. The Bertz CT molecular complexity index is 1500. The minimum Gasteiger partial charge on any atom is -0.466 e. The van der Waals surface area contributed by atoms with Gasteiger partial charge in [0, 0.05) is 35.4 Å². The largest absolute Gasteiger partial charge is 0.466 e. The first-order valence-electron chi connectivity index (χ1n) is 20.9. The summed E-state index contributed by atoms with van der Waals surface area (Å²) in [6.45, 7) is 5.59. The van der Waals surface area contributed by atoms with Crippen LogP contribution < -0.4 is 0 Å². The number of fused-ring (bicyclic) bond motifs is 4. The predicted molar refractivity (Wildman–Crippen MR) is 218 cm³/mol. The van der Waals surface area contributed by atoms with Crippen molar-refractivity contribution in [2.45, 2.75) is 166 Å². The van der Waals surface area contributed by atoms with Crippen LogP contribution in [0.25, 0.3) is 0 Å². The van der Waals surface area contributed by atoms with E-state index in [1.807, 2.05) is 12.1 Å². The lowest BCUT2D eigenvalue weighted by Crippen LogP contribution is -2.62. The molecule has 4 bridgehead atoms. The van der Waals surface area contributed by atoms with Crippen LogP contribution in [0, 0.1) is 5.41 Å². The average Bonchev–Trinajstić information content (AvgIpc) is 3.18. The second-order valence-corrected chi connectivity index (χ2v) is 17.1. The summed E-state index contributed by atoms with van der Waals surface area (Å²) in [5.74, 6) is -4.28. The molecule has 3 aliphatic heterocycles. The van der Waals surface area contributed by atoms with Crippen molar-refractivity contribution in [1.29, 1.82) is 0 Å². The summed E-state index contributed by atoms with van der Waals surface area (Å²) in [7, 11) is 1.22. The lowest BCUT2D eigenvalue weighted by atomic mass is 9.74. The van der Waals surface area contributed by atoms with Crippen LogP contribution in [-0.2, 0) is 54.0 Å². The Kier molecular flexibility index (Phi) is 19.8.